The first-order valence-corrected chi connectivity index (χ1v) is 6.29. The van der Waals surface area contributed by atoms with Gasteiger partial charge in [-0.3, -0.25) is 4.79 Å². The van der Waals surface area contributed by atoms with E-state index >= 15 is 0 Å². The Balaban J connectivity index is 3.04. The summed E-state index contributed by atoms with van der Waals surface area (Å²) in [4.78, 5) is 18.3. The van der Waals surface area contributed by atoms with Crippen LogP contribution in [0.4, 0.5) is 5.82 Å². The number of methoxy groups -OCH3 is 1. The minimum absolute atomic E-state index is 0.0782. The fraction of sp³-hybridized carbons (Fsp3) is 0.615. The average Bonchev–Trinajstić information content (AvgIpc) is 2.39. The van der Waals surface area contributed by atoms with E-state index in [4.69, 9.17) is 10.00 Å². The summed E-state index contributed by atoms with van der Waals surface area (Å²) in [6.45, 7) is 5.40. The van der Waals surface area contributed by atoms with Gasteiger partial charge in [-0.25, -0.2) is 4.98 Å². The summed E-state index contributed by atoms with van der Waals surface area (Å²) >= 11 is 0. The first-order valence-electron chi connectivity index (χ1n) is 6.29. The van der Waals surface area contributed by atoms with Crippen molar-refractivity contribution in [3.05, 3.63) is 22.7 Å². The van der Waals surface area contributed by atoms with Crippen LogP contribution >= 0.6 is 0 Å². The van der Waals surface area contributed by atoms with Gasteiger partial charge in [0.25, 0.3) is 5.56 Å². The van der Waals surface area contributed by atoms with Crippen molar-refractivity contribution in [2.75, 3.05) is 31.7 Å². The van der Waals surface area contributed by atoms with E-state index < -0.39 is 0 Å². The van der Waals surface area contributed by atoms with Gasteiger partial charge in [-0.15, -0.1) is 0 Å². The Morgan fingerprint density at radius 1 is 1.53 bits per heavy atom. The minimum Gasteiger partial charge on any atom is -0.383 e. The van der Waals surface area contributed by atoms with Crippen LogP contribution in [-0.2, 0) is 4.74 Å². The van der Waals surface area contributed by atoms with Crippen molar-refractivity contribution in [3.63, 3.8) is 0 Å². The predicted octanol–water partition coefficient (Wildman–Crippen LogP) is 1.19. The lowest BCUT2D eigenvalue weighted by Gasteiger charge is -2.22. The number of nitrogens with zero attached hydrogens (tertiary/aromatic N) is 4. The highest BCUT2D eigenvalue weighted by Crippen LogP contribution is 2.07. The predicted molar refractivity (Wildman–Crippen MR) is 73.2 cm³/mol. The maximum absolute atomic E-state index is 12.3. The van der Waals surface area contributed by atoms with E-state index in [1.54, 1.807) is 29.0 Å². The SMILES string of the molecule is COCCN(CCC#N)c1nccn(C(C)C)c1=O. The number of nitriles is 1. The molecule has 0 saturated heterocycles. The highest BCUT2D eigenvalue weighted by atomic mass is 16.5. The van der Waals surface area contributed by atoms with E-state index in [0.29, 0.717) is 31.9 Å². The van der Waals surface area contributed by atoms with Crippen molar-refractivity contribution >= 4 is 5.82 Å². The lowest BCUT2D eigenvalue weighted by atomic mass is 10.3. The van der Waals surface area contributed by atoms with Gasteiger partial charge in [0.2, 0.25) is 0 Å². The van der Waals surface area contributed by atoms with Gasteiger partial charge in [-0.2, -0.15) is 5.26 Å². The van der Waals surface area contributed by atoms with E-state index in [1.165, 1.54) is 0 Å². The second-order valence-corrected chi connectivity index (χ2v) is 4.44. The van der Waals surface area contributed by atoms with Crippen LogP contribution in [0.3, 0.4) is 0 Å². The van der Waals surface area contributed by atoms with E-state index in [9.17, 15) is 4.79 Å². The molecule has 0 N–H and O–H groups in total. The van der Waals surface area contributed by atoms with Gasteiger partial charge in [-0.1, -0.05) is 0 Å². The minimum atomic E-state index is -0.133. The van der Waals surface area contributed by atoms with Crippen molar-refractivity contribution in [2.45, 2.75) is 26.3 Å². The summed E-state index contributed by atoms with van der Waals surface area (Å²) in [5.74, 6) is 0.378. The molecule has 1 heterocycles. The van der Waals surface area contributed by atoms with Crippen molar-refractivity contribution in [2.24, 2.45) is 0 Å². The van der Waals surface area contributed by atoms with Crippen LogP contribution in [0.5, 0.6) is 0 Å². The van der Waals surface area contributed by atoms with E-state index in [0.717, 1.165) is 0 Å². The van der Waals surface area contributed by atoms with Crippen molar-refractivity contribution in [1.82, 2.24) is 9.55 Å². The number of rotatable bonds is 7. The largest absolute Gasteiger partial charge is 0.383 e. The molecule has 104 valence electrons. The highest BCUT2D eigenvalue weighted by molar-refractivity contribution is 5.35. The van der Waals surface area contributed by atoms with Crippen LogP contribution in [0.25, 0.3) is 0 Å². The van der Waals surface area contributed by atoms with Gasteiger partial charge in [-0.05, 0) is 13.8 Å². The summed E-state index contributed by atoms with van der Waals surface area (Å²) in [7, 11) is 1.60. The van der Waals surface area contributed by atoms with Crippen LogP contribution in [-0.4, -0.2) is 36.4 Å². The van der Waals surface area contributed by atoms with Gasteiger partial charge in [0, 0.05) is 38.6 Å². The third kappa shape index (κ3) is 4.07. The molecule has 0 spiro atoms. The zero-order valence-electron chi connectivity index (χ0n) is 11.7. The maximum atomic E-state index is 12.3. The summed E-state index contributed by atoms with van der Waals surface area (Å²) in [5, 5.41) is 8.69. The summed E-state index contributed by atoms with van der Waals surface area (Å²) < 4.78 is 6.66. The number of aromatic nitrogens is 2. The van der Waals surface area contributed by atoms with Crippen molar-refractivity contribution in [1.29, 1.82) is 5.26 Å². The molecule has 0 fully saturated rings. The Labute approximate surface area is 113 Å². The van der Waals surface area contributed by atoms with Crippen molar-refractivity contribution < 1.29 is 4.74 Å². The van der Waals surface area contributed by atoms with E-state index in [2.05, 4.69) is 11.1 Å². The quantitative estimate of drug-likeness (QED) is 0.739. The third-order valence-electron chi connectivity index (χ3n) is 2.76. The van der Waals surface area contributed by atoms with Crippen molar-refractivity contribution in [3.8, 4) is 6.07 Å². The molecule has 6 nitrogen and oxygen atoms in total. The van der Waals surface area contributed by atoms with E-state index in [-0.39, 0.29) is 11.6 Å². The molecule has 0 unspecified atom stereocenters. The number of hydrogen-bond donors (Lipinski definition) is 0. The van der Waals surface area contributed by atoms with E-state index in [1.807, 2.05) is 13.8 Å². The Morgan fingerprint density at radius 2 is 2.26 bits per heavy atom. The fourth-order valence-corrected chi connectivity index (χ4v) is 1.75. The van der Waals surface area contributed by atoms with Gasteiger partial charge in [0.15, 0.2) is 5.82 Å². The molecule has 0 aliphatic rings. The van der Waals surface area contributed by atoms with Gasteiger partial charge in [0.1, 0.15) is 0 Å². The molecule has 1 aromatic heterocycles. The molecular formula is C13H20N4O2. The van der Waals surface area contributed by atoms with Gasteiger partial charge < -0.3 is 14.2 Å². The standard InChI is InChI=1S/C13H20N4O2/c1-11(2)17-8-6-15-12(13(17)18)16(7-4-5-14)9-10-19-3/h6,8,11H,4,7,9-10H2,1-3H3. The summed E-state index contributed by atoms with van der Waals surface area (Å²) in [6.07, 6.45) is 3.64. The first-order chi connectivity index (χ1) is 9.11. The Hall–Kier alpha value is -1.87. The molecule has 0 aliphatic carbocycles. The Bertz CT molecular complexity index is 490. The zero-order chi connectivity index (χ0) is 14.3. The smallest absolute Gasteiger partial charge is 0.293 e. The summed E-state index contributed by atoms with van der Waals surface area (Å²) in [5.41, 5.74) is -0.133. The van der Waals surface area contributed by atoms with Crippen LogP contribution in [0, 0.1) is 11.3 Å². The van der Waals surface area contributed by atoms with Crippen LogP contribution in [0.1, 0.15) is 26.3 Å². The van der Waals surface area contributed by atoms with Crippen LogP contribution in [0.15, 0.2) is 17.2 Å². The fourth-order valence-electron chi connectivity index (χ4n) is 1.75. The molecule has 0 atom stereocenters. The molecule has 1 rings (SSSR count). The van der Waals surface area contributed by atoms with Gasteiger partial charge in [0.05, 0.1) is 19.1 Å². The second-order valence-electron chi connectivity index (χ2n) is 4.44. The maximum Gasteiger partial charge on any atom is 0.293 e. The lowest BCUT2D eigenvalue weighted by Crippen LogP contribution is -2.36. The molecule has 0 aromatic carbocycles. The first kappa shape index (κ1) is 15.2. The normalized spacial score (nSPS) is 10.5. The van der Waals surface area contributed by atoms with Gasteiger partial charge >= 0.3 is 0 Å². The van der Waals surface area contributed by atoms with Crippen LogP contribution in [0.2, 0.25) is 0 Å². The molecule has 0 amide bonds. The Morgan fingerprint density at radius 3 is 2.84 bits per heavy atom. The molecule has 0 saturated carbocycles. The Kier molecular flexibility index (Phi) is 6.03. The molecule has 0 aliphatic heterocycles. The number of anilines is 1. The molecule has 6 heteroatoms. The number of ether oxygens (including phenoxy) is 1. The monoisotopic (exact) mass is 264 g/mol. The zero-order valence-corrected chi connectivity index (χ0v) is 11.7. The highest BCUT2D eigenvalue weighted by Gasteiger charge is 2.14. The topological polar surface area (TPSA) is 71.2 Å². The number of hydrogen-bond acceptors (Lipinski definition) is 5. The van der Waals surface area contributed by atoms with Crippen LogP contribution < -0.4 is 10.5 Å². The third-order valence-corrected chi connectivity index (χ3v) is 2.76. The summed E-state index contributed by atoms with van der Waals surface area (Å²) in [6, 6.07) is 2.16. The lowest BCUT2D eigenvalue weighted by molar-refractivity contribution is 0.205. The molecular weight excluding hydrogens is 244 g/mol. The molecule has 19 heavy (non-hydrogen) atoms. The molecule has 0 radical (unpaired) electrons. The average molecular weight is 264 g/mol. The second kappa shape index (κ2) is 7.54. The molecule has 0 bridgehead atoms. The molecule has 1 aromatic rings.